The first-order chi connectivity index (χ1) is 14.8. The number of ketones is 1. The molecule has 0 saturated carbocycles. The van der Waals surface area contributed by atoms with E-state index in [0.717, 1.165) is 4.42 Å². The van der Waals surface area contributed by atoms with E-state index in [1.54, 1.807) is 18.2 Å². The van der Waals surface area contributed by atoms with Crippen LogP contribution in [0.5, 0.6) is 23.0 Å². The van der Waals surface area contributed by atoms with Crippen molar-refractivity contribution < 1.29 is 28.5 Å². The molecule has 166 valence electrons. The fraction of sp³-hybridized carbons (Fsp3) is 0.300. The van der Waals surface area contributed by atoms with Gasteiger partial charge in [0, 0.05) is 22.9 Å². The molecule has 0 saturated heterocycles. The van der Waals surface area contributed by atoms with Crippen LogP contribution in [-0.4, -0.2) is 46.2 Å². The first-order valence-corrected chi connectivity index (χ1v) is 9.54. The van der Waals surface area contributed by atoms with Crippen molar-refractivity contribution in [1.82, 2.24) is 0 Å². The van der Waals surface area contributed by atoms with Gasteiger partial charge in [-0.1, -0.05) is 17.7 Å². The Bertz CT molecular complexity index is 977. The average molecular weight is 470 g/mol. The third kappa shape index (κ3) is 5.36. The fourth-order valence-corrected chi connectivity index (χ4v) is 3.11. The van der Waals surface area contributed by atoms with Crippen molar-refractivity contribution in [2.24, 2.45) is 10.2 Å². The summed E-state index contributed by atoms with van der Waals surface area (Å²) < 4.78 is 21.7. The Morgan fingerprint density at radius 2 is 1.55 bits per heavy atom. The van der Waals surface area contributed by atoms with Gasteiger partial charge in [0.25, 0.3) is 5.91 Å². The second-order valence-corrected chi connectivity index (χ2v) is 6.79. The van der Waals surface area contributed by atoms with E-state index < -0.39 is 17.7 Å². The Balaban J connectivity index is 2.46. The lowest BCUT2D eigenvalue weighted by Gasteiger charge is -2.21. The van der Waals surface area contributed by atoms with Crippen molar-refractivity contribution in [3.8, 4) is 23.0 Å². The van der Waals surface area contributed by atoms with Crippen LogP contribution >= 0.6 is 23.4 Å². The lowest BCUT2D eigenvalue weighted by atomic mass is 10.2. The topological polar surface area (TPSA) is 99.0 Å². The van der Waals surface area contributed by atoms with Gasteiger partial charge in [-0.3, -0.25) is 9.59 Å². The summed E-state index contributed by atoms with van der Waals surface area (Å²) in [5.41, 5.74) is 0.296. The molecule has 1 unspecified atom stereocenters. The van der Waals surface area contributed by atoms with Crippen LogP contribution < -0.4 is 23.4 Å². The van der Waals surface area contributed by atoms with Gasteiger partial charge in [0.15, 0.2) is 17.3 Å². The number of para-hydroxylation sites is 1. The molecule has 9 nitrogen and oxygen atoms in total. The normalized spacial score (nSPS) is 11.7. The number of hydrogen-bond acceptors (Lipinski definition) is 8. The Labute approximate surface area is 189 Å². The third-order valence-electron chi connectivity index (χ3n) is 4.12. The van der Waals surface area contributed by atoms with Crippen molar-refractivity contribution in [2.75, 3.05) is 32.9 Å². The van der Waals surface area contributed by atoms with Crippen molar-refractivity contribution in [3.05, 3.63) is 35.4 Å². The molecule has 2 aromatic rings. The van der Waals surface area contributed by atoms with E-state index in [1.165, 1.54) is 47.5 Å². The van der Waals surface area contributed by atoms with Crippen LogP contribution in [0.25, 0.3) is 0 Å². The molecule has 0 fully saturated rings. The lowest BCUT2D eigenvalue weighted by Crippen LogP contribution is -2.36. The molecule has 11 heteroatoms. The van der Waals surface area contributed by atoms with Gasteiger partial charge in [-0.2, -0.15) is 10.2 Å². The van der Waals surface area contributed by atoms with Gasteiger partial charge in [0.2, 0.25) is 6.04 Å². The predicted octanol–water partition coefficient (Wildman–Crippen LogP) is 4.60. The highest BCUT2D eigenvalue weighted by atomic mass is 35.5. The number of amides is 1. The first-order valence-electron chi connectivity index (χ1n) is 8.82. The Morgan fingerprint density at radius 1 is 0.968 bits per heavy atom. The summed E-state index contributed by atoms with van der Waals surface area (Å²) in [6.45, 7) is 1.20. The number of nitrogens with zero attached hydrogens (tertiary/aromatic N) is 3. The largest absolute Gasteiger partial charge is 0.494 e. The first kappa shape index (κ1) is 24.2. The quantitative estimate of drug-likeness (QED) is 0.302. The highest BCUT2D eigenvalue weighted by molar-refractivity contribution is 6.40. The molecule has 2 rings (SSSR count). The van der Waals surface area contributed by atoms with Crippen LogP contribution in [0.15, 0.2) is 40.6 Å². The molecule has 1 amide bonds. The summed E-state index contributed by atoms with van der Waals surface area (Å²) in [5, 5.41) is 8.20. The van der Waals surface area contributed by atoms with E-state index in [-0.39, 0.29) is 28.6 Å². The van der Waals surface area contributed by atoms with Crippen LogP contribution in [0.4, 0.5) is 11.4 Å². The van der Waals surface area contributed by atoms with Gasteiger partial charge in [-0.15, -0.1) is 0 Å². The Morgan fingerprint density at radius 3 is 2.03 bits per heavy atom. The van der Waals surface area contributed by atoms with Crippen LogP contribution in [0.2, 0.25) is 5.02 Å². The molecule has 0 aliphatic heterocycles. The molecular weight excluding hydrogens is 449 g/mol. The number of methoxy groups -OCH3 is 4. The van der Waals surface area contributed by atoms with Gasteiger partial charge in [0.1, 0.15) is 22.9 Å². The maximum absolute atomic E-state index is 13.0. The predicted molar refractivity (Wildman–Crippen MR) is 116 cm³/mol. The zero-order chi connectivity index (χ0) is 23.1. The van der Waals surface area contributed by atoms with Gasteiger partial charge < -0.3 is 18.9 Å². The molecule has 0 radical (unpaired) electrons. The molecular formula is C20H21Cl2N3O6. The fourth-order valence-electron chi connectivity index (χ4n) is 2.65. The van der Waals surface area contributed by atoms with Gasteiger partial charge in [-0.05, 0) is 25.1 Å². The van der Waals surface area contributed by atoms with E-state index in [2.05, 4.69) is 10.2 Å². The van der Waals surface area contributed by atoms with E-state index in [0.29, 0.717) is 10.8 Å². The summed E-state index contributed by atoms with van der Waals surface area (Å²) in [7, 11) is 5.67. The second kappa shape index (κ2) is 10.8. The minimum Gasteiger partial charge on any atom is -0.494 e. The number of Topliss-reactive ketones (excluding diaryl/α,β-unsaturated/α-hetero) is 1. The zero-order valence-electron chi connectivity index (χ0n) is 17.5. The summed E-state index contributed by atoms with van der Waals surface area (Å²) in [4.78, 5) is 25.2. The highest BCUT2D eigenvalue weighted by Crippen LogP contribution is 2.41. The van der Waals surface area contributed by atoms with Gasteiger partial charge >= 0.3 is 0 Å². The maximum Gasteiger partial charge on any atom is 0.276 e. The number of rotatable bonds is 9. The maximum atomic E-state index is 13.0. The van der Waals surface area contributed by atoms with Crippen LogP contribution in [0.1, 0.15) is 6.92 Å². The molecule has 0 aromatic heterocycles. The van der Waals surface area contributed by atoms with Gasteiger partial charge in [-0.25, -0.2) is 4.42 Å². The standard InChI is InChI=1S/C20H21Cl2N3O6/c1-11(26)17(24-23-13-9-12(21)10-16(30-4)19(13)31-5)20(27)25(22)18-14(28-2)7-6-8-15(18)29-3/h6-10,17H,1-5H3. The van der Waals surface area contributed by atoms with E-state index in [9.17, 15) is 9.59 Å². The van der Waals surface area contributed by atoms with Crippen LogP contribution in [0, 0.1) is 0 Å². The lowest BCUT2D eigenvalue weighted by molar-refractivity contribution is -0.126. The summed E-state index contributed by atoms with van der Waals surface area (Å²) >= 11 is 12.3. The molecule has 0 bridgehead atoms. The van der Waals surface area contributed by atoms with Crippen LogP contribution in [-0.2, 0) is 9.59 Å². The molecule has 0 aliphatic rings. The molecule has 0 aliphatic carbocycles. The molecule has 31 heavy (non-hydrogen) atoms. The monoisotopic (exact) mass is 469 g/mol. The summed E-state index contributed by atoms with van der Waals surface area (Å²) in [5.74, 6) is -0.354. The zero-order valence-corrected chi connectivity index (χ0v) is 19.0. The third-order valence-corrected chi connectivity index (χ3v) is 4.67. The number of ether oxygens (including phenoxy) is 4. The van der Waals surface area contributed by atoms with Crippen molar-refractivity contribution >= 4 is 46.4 Å². The SMILES string of the molecule is COc1cc(Cl)cc(N=NC(C(C)=O)C(=O)N(Cl)c2c(OC)cccc2OC)c1OC. The van der Waals surface area contributed by atoms with Crippen LogP contribution in [0.3, 0.4) is 0 Å². The highest BCUT2D eigenvalue weighted by Gasteiger charge is 2.32. The minimum absolute atomic E-state index is 0.127. The smallest absolute Gasteiger partial charge is 0.276 e. The Hall–Kier alpha value is -3.04. The number of carbonyl (C=O) groups excluding carboxylic acids is 2. The number of anilines is 1. The van der Waals surface area contributed by atoms with E-state index >= 15 is 0 Å². The van der Waals surface area contributed by atoms with E-state index in [4.69, 9.17) is 42.3 Å². The van der Waals surface area contributed by atoms with Crippen molar-refractivity contribution in [3.63, 3.8) is 0 Å². The van der Waals surface area contributed by atoms with Crippen molar-refractivity contribution in [1.29, 1.82) is 0 Å². The molecule has 0 spiro atoms. The number of hydrogen-bond donors (Lipinski definition) is 0. The number of halogens is 2. The van der Waals surface area contributed by atoms with Crippen molar-refractivity contribution in [2.45, 2.75) is 13.0 Å². The van der Waals surface area contributed by atoms with Gasteiger partial charge in [0.05, 0.1) is 28.4 Å². The number of carbonyl (C=O) groups is 2. The molecule has 2 aromatic carbocycles. The Kier molecular flexibility index (Phi) is 8.47. The minimum atomic E-state index is -1.54. The molecule has 0 N–H and O–H groups in total. The molecule has 0 heterocycles. The van der Waals surface area contributed by atoms with E-state index in [1.807, 2.05) is 0 Å². The summed E-state index contributed by atoms with van der Waals surface area (Å²) in [6.07, 6.45) is 0. The summed E-state index contributed by atoms with van der Waals surface area (Å²) in [6, 6.07) is 6.29. The second-order valence-electron chi connectivity index (χ2n) is 6.02. The average Bonchev–Trinajstić information content (AvgIpc) is 2.77. The molecule has 1 atom stereocenters. The number of azo groups is 1. The number of benzene rings is 2.